The number of unbranched alkanes of at least 4 members (excludes halogenated alkanes) is 12. The molecule has 0 fully saturated rings. The first-order valence-corrected chi connectivity index (χ1v) is 26.8. The number of thiocarbonyl (C=S) groups is 2. The zero-order valence-electron chi connectivity index (χ0n) is 29.3. The van der Waals surface area contributed by atoms with Crippen LogP contribution in [0, 0.1) is 11.8 Å². The first-order chi connectivity index (χ1) is 20.7. The monoisotopic (exact) mass is 784 g/mol. The third-order valence-corrected chi connectivity index (χ3v) is 21.7. The Labute approximate surface area is 296 Å². The minimum atomic E-state index is -3.72. The summed E-state index contributed by atoms with van der Waals surface area (Å²) in [7, 11) is 0. The van der Waals surface area contributed by atoms with Crippen molar-refractivity contribution in [3.05, 3.63) is 0 Å². The van der Waals surface area contributed by atoms with E-state index in [2.05, 4.69) is 41.5 Å². The number of hydrogen-bond acceptors (Lipinski definition) is 6. The third kappa shape index (κ3) is 22.5. The van der Waals surface area contributed by atoms with Crippen LogP contribution < -0.4 is 0 Å². The molecule has 4 unspecified atom stereocenters. The van der Waals surface area contributed by atoms with Crippen molar-refractivity contribution in [2.24, 2.45) is 11.8 Å². The van der Waals surface area contributed by atoms with Crippen LogP contribution in [0.25, 0.3) is 0 Å². The molecule has 0 saturated heterocycles. The fraction of sp³-hybridized carbons (Fsp3) is 0.944. The van der Waals surface area contributed by atoms with Gasteiger partial charge >= 0.3 is 299 Å². The van der Waals surface area contributed by atoms with E-state index < -0.39 is 19.2 Å². The van der Waals surface area contributed by atoms with Crippen LogP contribution in [0.5, 0.6) is 0 Å². The molecule has 0 N–H and O–H groups in total. The molecule has 0 aromatic rings. The van der Waals surface area contributed by atoms with Crippen molar-refractivity contribution < 1.29 is 6.15 Å². The molecule has 0 rings (SSSR count). The summed E-state index contributed by atoms with van der Waals surface area (Å²) in [4.78, 5) is 0. The van der Waals surface area contributed by atoms with Crippen LogP contribution in [-0.4, -0.2) is 39.8 Å². The second-order valence-corrected chi connectivity index (χ2v) is 24.4. The van der Waals surface area contributed by atoms with Gasteiger partial charge in [0.25, 0.3) is 0 Å². The summed E-state index contributed by atoms with van der Waals surface area (Å²) in [5.41, 5.74) is 0. The Bertz CT molecular complexity index is 622. The van der Waals surface area contributed by atoms with Gasteiger partial charge in [-0.3, -0.25) is 0 Å². The molecule has 0 amide bonds. The van der Waals surface area contributed by atoms with Gasteiger partial charge in [0.2, 0.25) is 0 Å². The van der Waals surface area contributed by atoms with E-state index in [-0.39, 0.29) is 10.5 Å². The predicted octanol–water partition coefficient (Wildman–Crippen LogP) is 13.6. The van der Waals surface area contributed by atoms with Crippen LogP contribution in [0.4, 0.5) is 0 Å². The summed E-state index contributed by atoms with van der Waals surface area (Å²) in [6, 6.07) is 0. The minimum absolute atomic E-state index is 0.0236. The van der Waals surface area contributed by atoms with Gasteiger partial charge in [0.1, 0.15) is 0 Å². The van der Waals surface area contributed by atoms with Crippen molar-refractivity contribution in [2.75, 3.05) is 0 Å². The molecule has 43 heavy (non-hydrogen) atoms. The van der Waals surface area contributed by atoms with Crippen LogP contribution in [0.15, 0.2) is 0 Å². The van der Waals surface area contributed by atoms with E-state index in [0.29, 0.717) is 21.9 Å². The SMILES string of the molecule is CCCCCCC[CH2][Sn]([CH2]CCCCCCC)([O]C(=S)C(S)CC(CC)CCCC)[O]C(=S)C(S)CC(CC)CCCC. The van der Waals surface area contributed by atoms with Crippen molar-refractivity contribution in [3.63, 3.8) is 0 Å². The molecule has 0 spiro atoms. The average molecular weight is 784 g/mol. The van der Waals surface area contributed by atoms with Crippen LogP contribution in [0.2, 0.25) is 8.87 Å². The van der Waals surface area contributed by atoms with Crippen LogP contribution >= 0.6 is 49.7 Å². The Morgan fingerprint density at radius 1 is 0.512 bits per heavy atom. The fourth-order valence-electron chi connectivity index (χ4n) is 5.99. The van der Waals surface area contributed by atoms with E-state index >= 15 is 0 Å². The van der Waals surface area contributed by atoms with Crippen LogP contribution in [0.1, 0.15) is 183 Å². The summed E-state index contributed by atoms with van der Waals surface area (Å²) in [6.07, 6.45) is 27.0. The van der Waals surface area contributed by atoms with E-state index in [1.807, 2.05) is 0 Å². The van der Waals surface area contributed by atoms with Gasteiger partial charge in [0.15, 0.2) is 0 Å². The van der Waals surface area contributed by atoms with Crippen molar-refractivity contribution in [1.82, 2.24) is 0 Å². The second-order valence-electron chi connectivity index (χ2n) is 13.1. The van der Waals surface area contributed by atoms with Crippen molar-refractivity contribution >= 4 is 79.0 Å². The van der Waals surface area contributed by atoms with E-state index in [0.717, 1.165) is 34.6 Å². The molecule has 0 heterocycles. The van der Waals surface area contributed by atoms with Gasteiger partial charge in [-0.15, -0.1) is 0 Å². The summed E-state index contributed by atoms with van der Waals surface area (Å²) in [6.45, 7) is 13.7. The molecule has 4 atom stereocenters. The van der Waals surface area contributed by atoms with E-state index in [4.69, 9.17) is 55.8 Å². The molecule has 0 aromatic heterocycles. The topological polar surface area (TPSA) is 18.5 Å². The molecule has 2 nitrogen and oxygen atoms in total. The predicted molar refractivity (Wildman–Crippen MR) is 211 cm³/mol. The summed E-state index contributed by atoms with van der Waals surface area (Å²) in [5.74, 6) is 1.28. The zero-order valence-corrected chi connectivity index (χ0v) is 35.6. The third-order valence-electron chi connectivity index (χ3n) is 9.14. The Kier molecular flexibility index (Phi) is 30.3. The molecular formula is C36H72O2S4Sn. The van der Waals surface area contributed by atoms with E-state index in [1.165, 1.54) is 116 Å². The molecule has 0 aliphatic rings. The Hall–Kier alpha value is 1.28. The van der Waals surface area contributed by atoms with Gasteiger partial charge in [-0.1, -0.05) is 0 Å². The van der Waals surface area contributed by atoms with Crippen molar-refractivity contribution in [2.45, 2.75) is 202 Å². The molecule has 0 radical (unpaired) electrons. The maximum absolute atomic E-state index is 7.04. The number of rotatable bonds is 30. The van der Waals surface area contributed by atoms with Gasteiger partial charge in [-0.2, -0.15) is 0 Å². The van der Waals surface area contributed by atoms with Gasteiger partial charge < -0.3 is 0 Å². The molecule has 0 aliphatic heterocycles. The maximum atomic E-state index is 7.04. The Morgan fingerprint density at radius 2 is 0.837 bits per heavy atom. The van der Waals surface area contributed by atoms with Gasteiger partial charge in [0, 0.05) is 0 Å². The fourth-order valence-corrected chi connectivity index (χ4v) is 18.9. The number of thiol groups is 2. The summed E-state index contributed by atoms with van der Waals surface area (Å²) >= 11 is 18.4. The quantitative estimate of drug-likeness (QED) is 0.0327. The van der Waals surface area contributed by atoms with Gasteiger partial charge in [-0.05, 0) is 0 Å². The molecule has 256 valence electrons. The molecule has 0 saturated carbocycles. The molecule has 7 heteroatoms. The second kappa shape index (κ2) is 29.4. The first kappa shape index (κ1) is 44.3. The molecular weight excluding hydrogens is 711 g/mol. The average Bonchev–Trinajstić information content (AvgIpc) is 3.00. The zero-order chi connectivity index (χ0) is 32.3. The molecule has 0 aliphatic carbocycles. The Morgan fingerprint density at radius 3 is 1.16 bits per heavy atom. The van der Waals surface area contributed by atoms with Crippen molar-refractivity contribution in [1.29, 1.82) is 0 Å². The standard InChI is InChI=1S/2C10H20OS2.2C8H17.Sn/c2*1-3-5-6-8(4-2)7-9(12)10(11)13;2*1-3-5-7-8-6-4-2;/h2*8-9,12H,3-7H2,1-2H3,(H,11,13);2*1,3-8H2,2H3;/q;;;;+2/p-2. The van der Waals surface area contributed by atoms with E-state index in [1.54, 1.807) is 0 Å². The Balaban J connectivity index is 5.87. The van der Waals surface area contributed by atoms with Crippen molar-refractivity contribution in [3.8, 4) is 0 Å². The van der Waals surface area contributed by atoms with Crippen LogP contribution in [0.3, 0.4) is 0 Å². The first-order valence-electron chi connectivity index (χ1n) is 18.5. The van der Waals surface area contributed by atoms with Gasteiger partial charge in [-0.25, -0.2) is 0 Å². The summed E-state index contributed by atoms with van der Waals surface area (Å²) < 4.78 is 16.1. The van der Waals surface area contributed by atoms with E-state index in [9.17, 15) is 0 Å². The summed E-state index contributed by atoms with van der Waals surface area (Å²) in [5, 5.41) is 1.31. The number of hydrogen-bond donors (Lipinski definition) is 2. The molecule has 0 aromatic carbocycles. The molecule has 0 bridgehead atoms. The normalized spacial score (nSPS) is 14.7. The van der Waals surface area contributed by atoms with Crippen LogP contribution in [-0.2, 0) is 6.15 Å². The van der Waals surface area contributed by atoms with Gasteiger partial charge in [0.05, 0.1) is 0 Å².